The molecule has 1 aromatic heterocycles. The van der Waals surface area contributed by atoms with E-state index in [-0.39, 0.29) is 28.0 Å². The fraction of sp³-hybridized carbons (Fsp3) is 0.600. The van der Waals surface area contributed by atoms with Crippen LogP contribution >= 0.6 is 11.3 Å². The van der Waals surface area contributed by atoms with E-state index < -0.39 is 14.9 Å². The number of sulfonamides is 1. The van der Waals surface area contributed by atoms with Crippen LogP contribution in [0.3, 0.4) is 0 Å². The van der Waals surface area contributed by atoms with Gasteiger partial charge in [-0.2, -0.15) is 0 Å². The molecule has 20 heavy (non-hydrogen) atoms. The van der Waals surface area contributed by atoms with Gasteiger partial charge in [0.15, 0.2) is 5.00 Å². The van der Waals surface area contributed by atoms with Crippen LogP contribution in [0, 0.1) is 10.1 Å². The van der Waals surface area contributed by atoms with E-state index in [2.05, 4.69) is 10.0 Å². The molecule has 0 aliphatic carbocycles. The molecule has 0 bridgehead atoms. The van der Waals surface area contributed by atoms with Gasteiger partial charge in [0, 0.05) is 26.3 Å². The number of ether oxygens (including phenoxy) is 1. The highest BCUT2D eigenvalue weighted by molar-refractivity contribution is 7.91. The summed E-state index contributed by atoms with van der Waals surface area (Å²) in [7, 11) is -2.29. The number of anilines is 1. The second-order valence-corrected chi connectivity index (χ2v) is 6.90. The van der Waals surface area contributed by atoms with Crippen LogP contribution in [0.5, 0.6) is 0 Å². The van der Waals surface area contributed by atoms with Crippen LogP contribution in [0.15, 0.2) is 10.3 Å². The van der Waals surface area contributed by atoms with Crippen molar-refractivity contribution in [3.8, 4) is 0 Å². The Balaban J connectivity index is 2.97. The second kappa shape index (κ2) is 7.53. The monoisotopic (exact) mass is 323 g/mol. The van der Waals surface area contributed by atoms with Gasteiger partial charge in [-0.3, -0.25) is 10.1 Å². The third-order valence-corrected chi connectivity index (χ3v) is 5.30. The van der Waals surface area contributed by atoms with Gasteiger partial charge in [0.1, 0.15) is 4.21 Å². The molecule has 0 aliphatic rings. The Labute approximate surface area is 121 Å². The van der Waals surface area contributed by atoms with Crippen molar-refractivity contribution in [2.24, 2.45) is 0 Å². The van der Waals surface area contributed by atoms with Crippen molar-refractivity contribution in [3.05, 3.63) is 16.2 Å². The van der Waals surface area contributed by atoms with Gasteiger partial charge in [-0.05, 0) is 6.42 Å². The van der Waals surface area contributed by atoms with Gasteiger partial charge in [0.05, 0.1) is 11.5 Å². The fourth-order valence-corrected chi connectivity index (χ4v) is 3.75. The minimum absolute atomic E-state index is 0.0843. The lowest BCUT2D eigenvalue weighted by atomic mass is 10.4. The number of methoxy groups -OCH3 is 1. The lowest BCUT2D eigenvalue weighted by molar-refractivity contribution is -0.383. The molecule has 114 valence electrons. The van der Waals surface area contributed by atoms with E-state index in [9.17, 15) is 18.5 Å². The molecule has 1 rings (SSSR count). The zero-order valence-corrected chi connectivity index (χ0v) is 12.8. The average Bonchev–Trinajstić information content (AvgIpc) is 2.81. The third-order valence-electron chi connectivity index (χ3n) is 2.29. The molecule has 0 aliphatic heterocycles. The molecule has 0 fully saturated rings. The molecule has 8 nitrogen and oxygen atoms in total. The van der Waals surface area contributed by atoms with E-state index >= 15 is 0 Å². The van der Waals surface area contributed by atoms with Crippen LogP contribution in [-0.4, -0.2) is 40.1 Å². The van der Waals surface area contributed by atoms with Crippen molar-refractivity contribution >= 4 is 32.0 Å². The quantitative estimate of drug-likeness (QED) is 0.404. The largest absolute Gasteiger partial charge is 0.383 e. The van der Waals surface area contributed by atoms with Crippen molar-refractivity contribution in [2.75, 3.05) is 32.1 Å². The highest BCUT2D eigenvalue weighted by atomic mass is 32.2. The maximum Gasteiger partial charge on any atom is 0.304 e. The average molecular weight is 323 g/mol. The Bertz CT molecular complexity index is 555. The molecule has 0 unspecified atom stereocenters. The van der Waals surface area contributed by atoms with Gasteiger partial charge in [0.2, 0.25) is 10.0 Å². The molecule has 0 saturated carbocycles. The maximum absolute atomic E-state index is 12.0. The number of hydrogen-bond acceptors (Lipinski definition) is 7. The van der Waals surface area contributed by atoms with Gasteiger partial charge < -0.3 is 10.1 Å². The van der Waals surface area contributed by atoms with Gasteiger partial charge in [-0.15, -0.1) is 0 Å². The Kier molecular flexibility index (Phi) is 6.33. The van der Waals surface area contributed by atoms with E-state index in [0.717, 1.165) is 23.8 Å². The standard InChI is InChI=1S/C10H17N3O5S2/c1-3-4-11-10-8(13(14)15)7-9(19-10)20(16,17)12-5-6-18-2/h7,11-12H,3-6H2,1-2H3. The lowest BCUT2D eigenvalue weighted by Crippen LogP contribution is -2.26. The predicted octanol–water partition coefficient (Wildman–Crippen LogP) is 1.40. The first-order chi connectivity index (χ1) is 9.42. The Morgan fingerprint density at radius 1 is 1.45 bits per heavy atom. The maximum atomic E-state index is 12.0. The summed E-state index contributed by atoms with van der Waals surface area (Å²) in [5.74, 6) is 0. The first kappa shape index (κ1) is 16.8. The molecule has 1 heterocycles. The summed E-state index contributed by atoms with van der Waals surface area (Å²) in [5, 5.41) is 14.0. The van der Waals surface area contributed by atoms with Crippen LogP contribution in [0.2, 0.25) is 0 Å². The van der Waals surface area contributed by atoms with E-state index in [0.29, 0.717) is 6.54 Å². The smallest absolute Gasteiger partial charge is 0.304 e. The van der Waals surface area contributed by atoms with Gasteiger partial charge in [0.25, 0.3) is 0 Å². The van der Waals surface area contributed by atoms with Gasteiger partial charge in [-0.1, -0.05) is 18.3 Å². The summed E-state index contributed by atoms with van der Waals surface area (Å²) in [6, 6.07) is 1.07. The fourth-order valence-electron chi connectivity index (χ4n) is 1.34. The minimum atomic E-state index is -3.75. The zero-order valence-electron chi connectivity index (χ0n) is 11.2. The van der Waals surface area contributed by atoms with Crippen molar-refractivity contribution in [2.45, 2.75) is 17.6 Å². The van der Waals surface area contributed by atoms with Crippen molar-refractivity contribution in [3.63, 3.8) is 0 Å². The summed E-state index contributed by atoms with van der Waals surface area (Å²) in [6.07, 6.45) is 0.781. The SMILES string of the molecule is CCCNc1sc(S(=O)(=O)NCCOC)cc1[N+](=O)[O-]. The molecule has 0 saturated heterocycles. The summed E-state index contributed by atoms with van der Waals surface area (Å²) in [4.78, 5) is 10.3. The Morgan fingerprint density at radius 3 is 2.70 bits per heavy atom. The van der Waals surface area contributed by atoms with Crippen LogP contribution < -0.4 is 10.0 Å². The number of nitrogens with zero attached hydrogens (tertiary/aromatic N) is 1. The van der Waals surface area contributed by atoms with Crippen molar-refractivity contribution in [1.82, 2.24) is 4.72 Å². The van der Waals surface area contributed by atoms with Crippen molar-refractivity contribution < 1.29 is 18.1 Å². The Morgan fingerprint density at radius 2 is 2.15 bits per heavy atom. The molecule has 0 spiro atoms. The van der Waals surface area contributed by atoms with E-state index in [4.69, 9.17) is 4.74 Å². The molecule has 0 radical (unpaired) electrons. The van der Waals surface area contributed by atoms with E-state index in [1.165, 1.54) is 7.11 Å². The highest BCUT2D eigenvalue weighted by Gasteiger charge is 2.25. The minimum Gasteiger partial charge on any atom is -0.383 e. The normalized spacial score (nSPS) is 11.5. The molecule has 1 aromatic rings. The number of thiophene rings is 1. The first-order valence-electron chi connectivity index (χ1n) is 5.93. The van der Waals surface area contributed by atoms with Crippen molar-refractivity contribution in [1.29, 1.82) is 0 Å². The number of nitro groups is 1. The van der Waals surface area contributed by atoms with Gasteiger partial charge >= 0.3 is 5.69 Å². The molecule has 2 N–H and O–H groups in total. The summed E-state index contributed by atoms with van der Waals surface area (Å²) < 4.78 is 30.9. The van der Waals surface area contributed by atoms with Crippen LogP contribution in [-0.2, 0) is 14.8 Å². The van der Waals surface area contributed by atoms with E-state index in [1.807, 2.05) is 6.92 Å². The summed E-state index contributed by atoms with van der Waals surface area (Å²) >= 11 is 0.849. The third kappa shape index (κ3) is 4.40. The number of nitrogens with one attached hydrogen (secondary N) is 2. The molecular weight excluding hydrogens is 306 g/mol. The zero-order chi connectivity index (χ0) is 15.2. The molecule has 10 heteroatoms. The number of rotatable bonds is 9. The molecule has 0 amide bonds. The van der Waals surface area contributed by atoms with E-state index in [1.54, 1.807) is 0 Å². The second-order valence-electron chi connectivity index (χ2n) is 3.85. The highest BCUT2D eigenvalue weighted by Crippen LogP contribution is 2.36. The Hall–Kier alpha value is -1.23. The summed E-state index contributed by atoms with van der Waals surface area (Å²) in [6.45, 7) is 2.80. The molecular formula is C10H17N3O5S2. The van der Waals surface area contributed by atoms with Crippen LogP contribution in [0.1, 0.15) is 13.3 Å². The lowest BCUT2D eigenvalue weighted by Gasteiger charge is -2.03. The van der Waals surface area contributed by atoms with Crippen LogP contribution in [0.25, 0.3) is 0 Å². The topological polar surface area (TPSA) is 111 Å². The predicted molar refractivity (Wildman–Crippen MR) is 76.8 cm³/mol. The van der Waals surface area contributed by atoms with Crippen LogP contribution in [0.4, 0.5) is 10.7 Å². The molecule has 0 aromatic carbocycles. The first-order valence-corrected chi connectivity index (χ1v) is 8.23. The molecule has 0 atom stereocenters. The van der Waals surface area contributed by atoms with Gasteiger partial charge in [-0.25, -0.2) is 13.1 Å². The number of hydrogen-bond donors (Lipinski definition) is 2. The summed E-state index contributed by atoms with van der Waals surface area (Å²) in [5.41, 5.74) is -0.226.